The highest BCUT2D eigenvalue weighted by atomic mass is 32.1. The average molecular weight is 495 g/mol. The van der Waals surface area contributed by atoms with Crippen LogP contribution in [0.3, 0.4) is 0 Å². The molecule has 0 saturated carbocycles. The quantitative estimate of drug-likeness (QED) is 0.591. The zero-order valence-corrected chi connectivity index (χ0v) is 21.8. The Morgan fingerprint density at radius 1 is 1.23 bits per heavy atom. The first-order valence-electron chi connectivity index (χ1n) is 12.4. The van der Waals surface area contributed by atoms with Gasteiger partial charge in [0, 0.05) is 36.6 Å². The minimum Gasteiger partial charge on any atom is -0.497 e. The topological polar surface area (TPSA) is 78.5 Å². The molecule has 3 aromatic rings. The normalized spacial score (nSPS) is 19.1. The van der Waals surface area contributed by atoms with Crippen molar-refractivity contribution in [2.24, 2.45) is 11.3 Å². The molecule has 186 valence electrons. The number of nitrogens with zero attached hydrogens (tertiary/aromatic N) is 3. The van der Waals surface area contributed by atoms with Crippen LogP contribution in [0.1, 0.15) is 53.8 Å². The molecule has 5 rings (SSSR count). The van der Waals surface area contributed by atoms with Gasteiger partial charge in [-0.25, -0.2) is 4.98 Å². The van der Waals surface area contributed by atoms with Gasteiger partial charge in [0.05, 0.1) is 19.0 Å². The van der Waals surface area contributed by atoms with Gasteiger partial charge in [0.15, 0.2) is 0 Å². The summed E-state index contributed by atoms with van der Waals surface area (Å²) in [5.41, 5.74) is 2.12. The average Bonchev–Trinajstić information content (AvgIpc) is 3.21. The van der Waals surface area contributed by atoms with Gasteiger partial charge in [-0.2, -0.15) is 0 Å². The van der Waals surface area contributed by atoms with Gasteiger partial charge in [0.1, 0.15) is 16.4 Å². The highest BCUT2D eigenvalue weighted by molar-refractivity contribution is 7.18. The van der Waals surface area contributed by atoms with E-state index in [9.17, 15) is 9.59 Å². The van der Waals surface area contributed by atoms with Gasteiger partial charge >= 0.3 is 0 Å². The lowest BCUT2D eigenvalue weighted by Crippen LogP contribution is -2.48. The molecule has 3 heterocycles. The van der Waals surface area contributed by atoms with E-state index in [2.05, 4.69) is 30.7 Å². The SMILES string of the molecule is COc1cccc(C(=O)N2CCN(Cc3nc4sc5c(c4c(=O)[nH]3)CC[C@H](C(C)(C)C)C5)CC2)c1. The largest absolute Gasteiger partial charge is 0.497 e. The van der Waals surface area contributed by atoms with E-state index in [1.165, 1.54) is 10.4 Å². The number of thiophene rings is 1. The zero-order valence-electron chi connectivity index (χ0n) is 21.0. The van der Waals surface area contributed by atoms with Crippen LogP contribution in [0.4, 0.5) is 0 Å². The number of aromatic nitrogens is 2. The number of piperazine rings is 1. The highest BCUT2D eigenvalue weighted by Crippen LogP contribution is 2.42. The lowest BCUT2D eigenvalue weighted by atomic mass is 9.72. The number of nitrogens with one attached hydrogen (secondary N) is 1. The number of hydrogen-bond donors (Lipinski definition) is 1. The van der Waals surface area contributed by atoms with E-state index >= 15 is 0 Å². The molecule has 8 heteroatoms. The first kappa shape index (κ1) is 24.0. The van der Waals surface area contributed by atoms with Crippen molar-refractivity contribution >= 4 is 27.5 Å². The Labute approximate surface area is 210 Å². The Balaban J connectivity index is 1.26. The lowest BCUT2D eigenvalue weighted by molar-refractivity contribution is 0.0625. The molecule has 1 amide bonds. The van der Waals surface area contributed by atoms with Gasteiger partial charge in [-0.3, -0.25) is 14.5 Å². The fourth-order valence-corrected chi connectivity index (χ4v) is 6.62. The molecule has 1 saturated heterocycles. The van der Waals surface area contributed by atoms with Crippen molar-refractivity contribution in [3.8, 4) is 5.75 Å². The molecule has 1 atom stereocenters. The Morgan fingerprint density at radius 3 is 2.71 bits per heavy atom. The summed E-state index contributed by atoms with van der Waals surface area (Å²) in [6.45, 7) is 10.3. The maximum absolute atomic E-state index is 13.0. The first-order valence-corrected chi connectivity index (χ1v) is 13.2. The predicted octanol–water partition coefficient (Wildman–Crippen LogP) is 4.10. The van der Waals surface area contributed by atoms with Crippen LogP contribution in [0, 0.1) is 11.3 Å². The fraction of sp³-hybridized carbons (Fsp3) is 0.519. The maximum atomic E-state index is 13.0. The van der Waals surface area contributed by atoms with Gasteiger partial charge in [0.2, 0.25) is 0 Å². The molecule has 2 aromatic heterocycles. The van der Waals surface area contributed by atoms with E-state index < -0.39 is 0 Å². The first-order chi connectivity index (χ1) is 16.7. The molecule has 1 aliphatic heterocycles. The van der Waals surface area contributed by atoms with Gasteiger partial charge in [-0.15, -0.1) is 11.3 Å². The van der Waals surface area contributed by atoms with Crippen molar-refractivity contribution in [3.63, 3.8) is 0 Å². The lowest BCUT2D eigenvalue weighted by Gasteiger charge is -2.34. The van der Waals surface area contributed by atoms with Gasteiger partial charge in [0.25, 0.3) is 11.5 Å². The van der Waals surface area contributed by atoms with Crippen LogP contribution in [0.15, 0.2) is 29.1 Å². The predicted molar refractivity (Wildman–Crippen MR) is 139 cm³/mol. The summed E-state index contributed by atoms with van der Waals surface area (Å²) in [5, 5.41) is 0.801. The van der Waals surface area contributed by atoms with Crippen molar-refractivity contribution in [2.75, 3.05) is 33.3 Å². The van der Waals surface area contributed by atoms with Crippen molar-refractivity contribution in [3.05, 3.63) is 56.4 Å². The standard InChI is InChI=1S/C27H34N4O3S/c1-27(2,3)18-8-9-20-21(15-18)35-25-23(20)24(32)28-22(29-25)16-30-10-12-31(13-11-30)26(33)17-6-5-7-19(14-17)34-4/h5-7,14,18H,8-13,15-16H2,1-4H3,(H,28,29,32)/t18-/m0/s1. The number of fused-ring (bicyclic) bond motifs is 3. The van der Waals surface area contributed by atoms with Crippen LogP contribution < -0.4 is 10.3 Å². The third kappa shape index (κ3) is 4.86. The highest BCUT2D eigenvalue weighted by Gasteiger charge is 2.32. The number of benzene rings is 1. The molecule has 0 bridgehead atoms. The third-order valence-corrected chi connectivity index (χ3v) is 8.69. The van der Waals surface area contributed by atoms with Gasteiger partial charge < -0.3 is 14.6 Å². The molecule has 0 radical (unpaired) electrons. The number of carbonyl (C=O) groups is 1. The van der Waals surface area contributed by atoms with Crippen LogP contribution in [-0.4, -0.2) is 59.0 Å². The summed E-state index contributed by atoms with van der Waals surface area (Å²) < 4.78 is 5.25. The second-order valence-corrected chi connectivity index (χ2v) is 11.9. The van der Waals surface area contributed by atoms with Crippen LogP contribution in [0.5, 0.6) is 5.75 Å². The third-order valence-electron chi connectivity index (χ3n) is 7.54. The Morgan fingerprint density at radius 2 is 2.00 bits per heavy atom. The molecule has 7 nitrogen and oxygen atoms in total. The van der Waals surface area contributed by atoms with E-state index in [0.717, 1.165) is 42.6 Å². The fourth-order valence-electron chi connectivity index (χ4n) is 5.30. The van der Waals surface area contributed by atoms with Crippen molar-refractivity contribution in [2.45, 2.75) is 46.6 Å². The summed E-state index contributed by atoms with van der Waals surface area (Å²) >= 11 is 1.70. The van der Waals surface area contributed by atoms with Crippen LogP contribution in [0.2, 0.25) is 0 Å². The van der Waals surface area contributed by atoms with Crippen LogP contribution >= 0.6 is 11.3 Å². The molecule has 2 aliphatic rings. The second kappa shape index (κ2) is 9.39. The van der Waals surface area contributed by atoms with Crippen molar-refractivity contribution in [1.82, 2.24) is 19.8 Å². The molecule has 35 heavy (non-hydrogen) atoms. The Kier molecular flexibility index (Phi) is 6.44. The van der Waals surface area contributed by atoms with Gasteiger partial charge in [-0.1, -0.05) is 26.8 Å². The van der Waals surface area contributed by atoms with E-state index in [4.69, 9.17) is 9.72 Å². The second-order valence-electron chi connectivity index (χ2n) is 10.8. The molecule has 1 aromatic carbocycles. The van der Waals surface area contributed by atoms with E-state index in [1.807, 2.05) is 23.1 Å². The minimum atomic E-state index is -0.0106. The molecule has 0 unspecified atom stereocenters. The number of carbonyl (C=O) groups excluding carboxylic acids is 1. The maximum Gasteiger partial charge on any atom is 0.259 e. The summed E-state index contributed by atoms with van der Waals surface area (Å²) in [4.78, 5) is 40.2. The minimum absolute atomic E-state index is 0.0106. The molecule has 1 aliphatic carbocycles. The smallest absolute Gasteiger partial charge is 0.259 e. The molecular weight excluding hydrogens is 460 g/mol. The van der Waals surface area contributed by atoms with Crippen LogP contribution in [-0.2, 0) is 19.4 Å². The van der Waals surface area contributed by atoms with E-state index in [-0.39, 0.29) is 16.9 Å². The summed E-state index contributed by atoms with van der Waals surface area (Å²) in [5.74, 6) is 2.05. The number of aryl methyl sites for hydroxylation is 1. The number of rotatable bonds is 4. The molecular formula is C27H34N4O3S. The molecule has 1 N–H and O–H groups in total. The number of H-pyrrole nitrogens is 1. The number of methoxy groups -OCH3 is 1. The Bertz CT molecular complexity index is 1300. The summed E-state index contributed by atoms with van der Waals surface area (Å²) in [7, 11) is 1.60. The van der Waals surface area contributed by atoms with Crippen LogP contribution in [0.25, 0.3) is 10.2 Å². The summed E-state index contributed by atoms with van der Waals surface area (Å²) in [6.07, 6.45) is 3.13. The number of amides is 1. The van der Waals surface area contributed by atoms with Crippen molar-refractivity contribution in [1.29, 1.82) is 0 Å². The molecule has 0 spiro atoms. The number of aromatic amines is 1. The van der Waals surface area contributed by atoms with E-state index in [1.54, 1.807) is 24.5 Å². The monoisotopic (exact) mass is 494 g/mol. The van der Waals surface area contributed by atoms with Gasteiger partial charge in [-0.05, 0) is 54.4 Å². The zero-order chi connectivity index (χ0) is 24.7. The number of ether oxygens (including phenoxy) is 1. The van der Waals surface area contributed by atoms with Crippen molar-refractivity contribution < 1.29 is 9.53 Å². The number of hydrogen-bond acceptors (Lipinski definition) is 6. The molecule has 1 fully saturated rings. The Hall–Kier alpha value is -2.71. The van der Waals surface area contributed by atoms with E-state index in [0.29, 0.717) is 42.7 Å². The summed E-state index contributed by atoms with van der Waals surface area (Å²) in [6, 6.07) is 7.28.